The number of nitrogens with one attached hydrogen (secondary N) is 1. The van der Waals surface area contributed by atoms with E-state index in [1.165, 1.54) is 36.4 Å². The second-order valence-corrected chi connectivity index (χ2v) is 8.23. The summed E-state index contributed by atoms with van der Waals surface area (Å²) in [5.74, 6) is -1.69. The van der Waals surface area contributed by atoms with E-state index < -0.39 is 21.7 Å². The van der Waals surface area contributed by atoms with Gasteiger partial charge in [-0.3, -0.25) is 4.79 Å². The van der Waals surface area contributed by atoms with Crippen molar-refractivity contribution in [3.05, 3.63) is 65.7 Å². The maximum atomic E-state index is 13.8. The first-order valence-corrected chi connectivity index (χ1v) is 10.1. The minimum absolute atomic E-state index is 0.0243. The third-order valence-electron chi connectivity index (χ3n) is 4.69. The molecule has 8 heteroatoms. The quantitative estimate of drug-likeness (QED) is 0.848. The minimum Gasteiger partial charge on any atom is -0.339 e. The molecule has 2 aromatic carbocycles. The van der Waals surface area contributed by atoms with Gasteiger partial charge in [-0.2, -0.15) is 0 Å². The summed E-state index contributed by atoms with van der Waals surface area (Å²) in [6, 6.07) is 11.0. The van der Waals surface area contributed by atoms with E-state index in [4.69, 9.17) is 0 Å². The van der Waals surface area contributed by atoms with Gasteiger partial charge in [0, 0.05) is 19.6 Å². The molecule has 1 aliphatic rings. The van der Waals surface area contributed by atoms with E-state index in [1.807, 2.05) is 0 Å². The largest absolute Gasteiger partial charge is 0.339 e. The first kappa shape index (κ1) is 19.4. The highest BCUT2D eigenvalue weighted by atomic mass is 32.2. The van der Waals surface area contributed by atoms with Crippen LogP contribution in [0, 0.1) is 17.6 Å². The third kappa shape index (κ3) is 4.51. The van der Waals surface area contributed by atoms with E-state index in [0.29, 0.717) is 25.9 Å². The smallest absolute Gasteiger partial charge is 0.256 e. The molecule has 1 fully saturated rings. The summed E-state index contributed by atoms with van der Waals surface area (Å²) < 4.78 is 54.4. The van der Waals surface area contributed by atoms with E-state index in [0.717, 1.165) is 6.07 Å². The summed E-state index contributed by atoms with van der Waals surface area (Å²) in [4.78, 5) is 13.6. The second-order valence-electron chi connectivity index (χ2n) is 6.50. The van der Waals surface area contributed by atoms with Gasteiger partial charge in [0.05, 0.1) is 5.56 Å². The molecule has 0 spiro atoms. The number of carbonyl (C=O) groups is 1. The molecule has 2 aromatic rings. The Morgan fingerprint density at radius 3 is 2.22 bits per heavy atom. The first-order chi connectivity index (χ1) is 12.9. The van der Waals surface area contributed by atoms with Crippen LogP contribution in [0.2, 0.25) is 0 Å². The molecule has 0 aliphatic carbocycles. The summed E-state index contributed by atoms with van der Waals surface area (Å²) >= 11 is 0. The molecule has 0 aromatic heterocycles. The lowest BCUT2D eigenvalue weighted by Crippen LogP contribution is -2.41. The zero-order chi connectivity index (χ0) is 19.4. The van der Waals surface area contributed by atoms with Crippen molar-refractivity contribution in [2.75, 3.05) is 19.6 Å². The van der Waals surface area contributed by atoms with Crippen molar-refractivity contribution in [3.8, 4) is 0 Å². The van der Waals surface area contributed by atoms with Crippen molar-refractivity contribution in [1.82, 2.24) is 9.62 Å². The van der Waals surface area contributed by atoms with Crippen LogP contribution in [0.5, 0.6) is 0 Å². The predicted octanol–water partition coefficient (Wildman–Crippen LogP) is 2.80. The number of hydrogen-bond donors (Lipinski definition) is 1. The van der Waals surface area contributed by atoms with Crippen molar-refractivity contribution in [2.24, 2.45) is 5.92 Å². The summed E-state index contributed by atoms with van der Waals surface area (Å²) in [6.07, 6.45) is 1.17. The average Bonchev–Trinajstić information content (AvgIpc) is 2.67. The Hall–Kier alpha value is -2.32. The number of piperidine rings is 1. The number of nitrogens with zero attached hydrogens (tertiary/aromatic N) is 1. The summed E-state index contributed by atoms with van der Waals surface area (Å²) in [6.45, 7) is 0.997. The standard InChI is InChI=1S/C19H20F2N2O3S/c20-16-6-2-1-5-15(16)19(24)23-11-9-14(10-12-23)13-22-27(25,26)18-8-4-3-7-17(18)21/h1-8,14,22H,9-13H2. The molecule has 1 heterocycles. The monoisotopic (exact) mass is 394 g/mol. The molecule has 5 nitrogen and oxygen atoms in total. The van der Waals surface area contributed by atoms with Crippen LogP contribution >= 0.6 is 0 Å². The van der Waals surface area contributed by atoms with Crippen molar-refractivity contribution in [1.29, 1.82) is 0 Å². The number of likely N-dealkylation sites (tertiary alicyclic amines) is 1. The number of sulfonamides is 1. The molecule has 3 rings (SSSR count). The van der Waals surface area contributed by atoms with E-state index >= 15 is 0 Å². The molecule has 1 amide bonds. The maximum Gasteiger partial charge on any atom is 0.256 e. The van der Waals surface area contributed by atoms with Gasteiger partial charge in [-0.15, -0.1) is 0 Å². The van der Waals surface area contributed by atoms with Crippen LogP contribution in [-0.2, 0) is 10.0 Å². The number of rotatable bonds is 5. The first-order valence-electron chi connectivity index (χ1n) is 8.66. The van der Waals surface area contributed by atoms with E-state index in [9.17, 15) is 22.0 Å². The van der Waals surface area contributed by atoms with Crippen LogP contribution in [0.1, 0.15) is 23.2 Å². The summed E-state index contributed by atoms with van der Waals surface area (Å²) in [5, 5.41) is 0. The van der Waals surface area contributed by atoms with Gasteiger partial charge in [-0.25, -0.2) is 21.9 Å². The van der Waals surface area contributed by atoms with Crippen molar-refractivity contribution >= 4 is 15.9 Å². The van der Waals surface area contributed by atoms with Gasteiger partial charge < -0.3 is 4.90 Å². The van der Waals surface area contributed by atoms with Gasteiger partial charge in [0.1, 0.15) is 16.5 Å². The zero-order valence-corrected chi connectivity index (χ0v) is 15.4. The Labute approximate surface area is 157 Å². The van der Waals surface area contributed by atoms with Crippen molar-refractivity contribution in [2.45, 2.75) is 17.7 Å². The fourth-order valence-electron chi connectivity index (χ4n) is 3.11. The van der Waals surface area contributed by atoms with Crippen molar-refractivity contribution in [3.63, 3.8) is 0 Å². The minimum atomic E-state index is -3.92. The molecular weight excluding hydrogens is 374 g/mol. The molecule has 1 aliphatic heterocycles. The lowest BCUT2D eigenvalue weighted by atomic mass is 9.96. The Bertz CT molecular complexity index is 926. The van der Waals surface area contributed by atoms with Gasteiger partial charge in [0.15, 0.2) is 0 Å². The Balaban J connectivity index is 1.55. The number of carbonyl (C=O) groups excluding carboxylic acids is 1. The Morgan fingerprint density at radius 2 is 1.59 bits per heavy atom. The van der Waals surface area contributed by atoms with Crippen molar-refractivity contribution < 1.29 is 22.0 Å². The zero-order valence-electron chi connectivity index (χ0n) is 14.6. The van der Waals surface area contributed by atoms with Gasteiger partial charge in [-0.05, 0) is 43.0 Å². The number of amides is 1. The van der Waals surface area contributed by atoms with E-state index in [1.54, 1.807) is 11.0 Å². The SMILES string of the molecule is O=C(c1ccccc1F)N1CCC(CNS(=O)(=O)c2ccccc2F)CC1. The van der Waals surface area contributed by atoms with Crippen LogP contribution in [0.4, 0.5) is 8.78 Å². The van der Waals surface area contributed by atoms with Crippen LogP contribution in [0.25, 0.3) is 0 Å². The van der Waals surface area contributed by atoms with Crippen LogP contribution in [0.3, 0.4) is 0 Å². The van der Waals surface area contributed by atoms with Crippen LogP contribution in [-0.4, -0.2) is 38.9 Å². The highest BCUT2D eigenvalue weighted by molar-refractivity contribution is 7.89. The molecule has 0 atom stereocenters. The molecular formula is C19H20F2N2O3S. The molecule has 144 valence electrons. The fraction of sp³-hybridized carbons (Fsp3) is 0.316. The topological polar surface area (TPSA) is 66.5 Å². The fourth-order valence-corrected chi connectivity index (χ4v) is 4.31. The van der Waals surface area contributed by atoms with Gasteiger partial charge in [0.2, 0.25) is 10.0 Å². The van der Waals surface area contributed by atoms with Crippen LogP contribution < -0.4 is 4.72 Å². The lowest BCUT2D eigenvalue weighted by Gasteiger charge is -2.32. The molecule has 0 saturated carbocycles. The normalized spacial score (nSPS) is 15.7. The highest BCUT2D eigenvalue weighted by Gasteiger charge is 2.26. The molecule has 27 heavy (non-hydrogen) atoms. The highest BCUT2D eigenvalue weighted by Crippen LogP contribution is 2.21. The molecule has 1 saturated heterocycles. The lowest BCUT2D eigenvalue weighted by molar-refractivity contribution is 0.0687. The average molecular weight is 394 g/mol. The second kappa shape index (κ2) is 8.14. The Kier molecular flexibility index (Phi) is 5.86. The predicted molar refractivity (Wildman–Crippen MR) is 96.6 cm³/mol. The number of hydrogen-bond acceptors (Lipinski definition) is 3. The van der Waals surface area contributed by atoms with E-state index in [-0.39, 0.29) is 28.8 Å². The third-order valence-corrected chi connectivity index (χ3v) is 6.15. The van der Waals surface area contributed by atoms with Gasteiger partial charge in [0.25, 0.3) is 5.91 Å². The summed E-state index contributed by atoms with van der Waals surface area (Å²) in [5.41, 5.74) is 0.0382. The number of benzene rings is 2. The molecule has 1 N–H and O–H groups in total. The number of halogens is 2. The Morgan fingerprint density at radius 1 is 1.00 bits per heavy atom. The van der Waals surface area contributed by atoms with Crippen LogP contribution in [0.15, 0.2) is 53.4 Å². The maximum absolute atomic E-state index is 13.8. The summed E-state index contributed by atoms with van der Waals surface area (Å²) in [7, 11) is -3.92. The molecule has 0 unspecified atom stereocenters. The molecule has 0 radical (unpaired) electrons. The van der Waals surface area contributed by atoms with E-state index in [2.05, 4.69) is 4.72 Å². The molecule has 0 bridgehead atoms. The van der Waals surface area contributed by atoms with Gasteiger partial charge >= 0.3 is 0 Å². The van der Waals surface area contributed by atoms with Gasteiger partial charge in [-0.1, -0.05) is 24.3 Å².